The first-order valence-corrected chi connectivity index (χ1v) is 41.2. The lowest BCUT2D eigenvalue weighted by Crippen LogP contribution is -2.12. The van der Waals surface area contributed by atoms with Crippen LogP contribution in [0.15, 0.2) is 146 Å². The van der Waals surface area contributed by atoms with E-state index in [1.54, 1.807) is 0 Å². The third kappa shape index (κ3) is 12.8. The van der Waals surface area contributed by atoms with E-state index in [1.165, 1.54) is 122 Å². The number of nitrogens with zero attached hydrogens (tertiary/aromatic N) is 4. The maximum Gasteiger partial charge on any atom is 0.0745 e. The molecule has 8 heteroatoms. The van der Waals surface area contributed by atoms with Crippen LogP contribution >= 0.6 is 23.2 Å². The van der Waals surface area contributed by atoms with Crippen LogP contribution in [0.1, 0.15) is 244 Å². The summed E-state index contributed by atoms with van der Waals surface area (Å²) in [6, 6.07) is 55.7. The molecular weight excluding hydrogens is 1400 g/mol. The van der Waals surface area contributed by atoms with E-state index in [4.69, 9.17) is 43.1 Å². The van der Waals surface area contributed by atoms with Crippen LogP contribution in [-0.2, 0) is 56.2 Å². The van der Waals surface area contributed by atoms with Gasteiger partial charge in [0, 0.05) is 88.9 Å². The van der Waals surface area contributed by atoms with Gasteiger partial charge in [0.15, 0.2) is 0 Å². The molecule has 8 aromatic carbocycles. The molecule has 6 nitrogen and oxygen atoms in total. The zero-order valence-electron chi connectivity index (χ0n) is 70.8. The van der Waals surface area contributed by atoms with E-state index in [0.29, 0.717) is 10.0 Å². The Morgan fingerprint density at radius 1 is 0.214 bits per heavy atom. The van der Waals surface area contributed by atoms with Crippen molar-refractivity contribution in [2.24, 2.45) is 0 Å². The molecule has 568 valence electrons. The molecule has 0 amide bonds. The average Bonchev–Trinajstić information content (AvgIpc) is 1.57. The lowest BCUT2D eigenvalue weighted by Gasteiger charge is -2.24. The second-order valence-electron chi connectivity index (χ2n) is 41.5. The molecule has 0 fully saturated rings. The summed E-state index contributed by atoms with van der Waals surface area (Å²) < 4.78 is 0. The molecular formula is C104H108Cl2N6. The normalized spacial score (nSPS) is 13.8. The quantitative estimate of drug-likeness (QED) is 0.158. The molecule has 0 atom stereocenters. The van der Waals surface area contributed by atoms with Crippen LogP contribution in [0.5, 0.6) is 0 Å². The van der Waals surface area contributed by atoms with E-state index in [0.717, 1.165) is 125 Å². The van der Waals surface area contributed by atoms with Gasteiger partial charge in [0.2, 0.25) is 0 Å². The summed E-state index contributed by atoms with van der Waals surface area (Å²) in [5, 5.41) is 6.13. The van der Waals surface area contributed by atoms with Crippen LogP contribution in [0.25, 0.3) is 156 Å². The number of nitrogens with one attached hydrogen (secondary N) is 2. The van der Waals surface area contributed by atoms with Crippen molar-refractivity contribution in [3.05, 3.63) is 234 Å². The second kappa shape index (κ2) is 25.0. The number of halogens is 2. The van der Waals surface area contributed by atoms with Gasteiger partial charge in [-0.2, -0.15) is 0 Å². The Hall–Kier alpha value is -9.46. The topological polar surface area (TPSA) is 83.1 Å². The van der Waals surface area contributed by atoms with E-state index in [1.807, 2.05) is 12.1 Å². The van der Waals surface area contributed by atoms with Crippen molar-refractivity contribution in [1.29, 1.82) is 0 Å². The number of pyridine rings is 4. The molecule has 16 bridgehead atoms. The lowest BCUT2D eigenvalue weighted by molar-refractivity contribution is 0.589. The molecule has 0 spiro atoms. The Morgan fingerprint density at radius 3 is 0.580 bits per heavy atom. The minimum Gasteiger partial charge on any atom is -0.353 e. The van der Waals surface area contributed by atoms with Gasteiger partial charge in [0.1, 0.15) is 0 Å². The first kappa shape index (κ1) is 75.2. The second-order valence-corrected chi connectivity index (χ2v) is 42.4. The number of hydrogen-bond donors (Lipinski definition) is 2. The summed E-state index contributed by atoms with van der Waals surface area (Å²) in [5.74, 6) is 0. The van der Waals surface area contributed by atoms with Gasteiger partial charge in [-0.15, -0.1) is 0 Å². The van der Waals surface area contributed by atoms with Gasteiger partial charge in [-0.25, -0.2) is 19.9 Å². The Kier molecular flexibility index (Phi) is 16.8. The van der Waals surface area contributed by atoms with Crippen LogP contribution in [0.3, 0.4) is 0 Å². The van der Waals surface area contributed by atoms with Crippen LogP contribution in [0, 0.1) is 13.8 Å². The van der Waals surface area contributed by atoms with E-state index < -0.39 is 0 Å². The van der Waals surface area contributed by atoms with E-state index in [9.17, 15) is 0 Å². The summed E-state index contributed by atoms with van der Waals surface area (Å²) in [7, 11) is 0. The largest absolute Gasteiger partial charge is 0.353 e. The third-order valence-electron chi connectivity index (χ3n) is 24.6. The SMILES string of the molecule is CC(C)(C)c1cc2c3c(c1)-c1cc(C(C)(C)C)cc(c1C3)-c1cc(Cl)cc(n1)-c1cc(C(C)(C)C)cc3c1[nH]c1c(cc(C(C)(C)C)cc13)-c1cc(Cl)cc-2n1.Cc1cc2nc(c1)-c1cc(C(C)(C)C)cc3c1[nH]c1c(cc(C(C)(C)C)cc13)-c1cc(C)cc(n1)-c1cc(C(C)(C)C)cc3c1Cc1c-2cc(C(C)(C)C)cc1-3. The minimum absolute atomic E-state index is 0.0460. The molecule has 0 radical (unpaired) electrons. The summed E-state index contributed by atoms with van der Waals surface area (Å²) in [4.78, 5) is 30.5. The molecule has 2 aliphatic heterocycles. The summed E-state index contributed by atoms with van der Waals surface area (Å²) in [5.41, 5.74) is 43.4. The zero-order valence-corrected chi connectivity index (χ0v) is 72.3. The van der Waals surface area contributed by atoms with Gasteiger partial charge >= 0.3 is 0 Å². The zero-order chi connectivity index (χ0) is 80.0. The van der Waals surface area contributed by atoms with Crippen LogP contribution < -0.4 is 0 Å². The van der Waals surface area contributed by atoms with Crippen molar-refractivity contribution in [3.8, 4) is 112 Å². The monoisotopic (exact) mass is 1510 g/mol. The summed E-state index contributed by atoms with van der Waals surface area (Å²) >= 11 is 14.4. The summed E-state index contributed by atoms with van der Waals surface area (Å²) in [6.45, 7) is 59.8. The molecule has 18 rings (SSSR count). The average molecular weight is 1510 g/mol. The fourth-order valence-electron chi connectivity index (χ4n) is 17.6. The maximum absolute atomic E-state index is 7.19. The first-order valence-electron chi connectivity index (χ1n) is 40.4. The third-order valence-corrected chi connectivity index (χ3v) is 25.0. The van der Waals surface area contributed by atoms with Crippen molar-refractivity contribution in [3.63, 3.8) is 0 Å². The van der Waals surface area contributed by atoms with Crippen molar-refractivity contribution in [2.75, 3.05) is 0 Å². The van der Waals surface area contributed by atoms with Crippen LogP contribution in [-0.4, -0.2) is 29.9 Å². The van der Waals surface area contributed by atoms with Crippen LogP contribution in [0.4, 0.5) is 0 Å². The van der Waals surface area contributed by atoms with E-state index >= 15 is 0 Å². The van der Waals surface area contributed by atoms with Gasteiger partial charge < -0.3 is 9.97 Å². The molecule has 0 saturated carbocycles. The highest BCUT2D eigenvalue weighted by molar-refractivity contribution is 6.32. The highest BCUT2D eigenvalue weighted by atomic mass is 35.5. The predicted molar refractivity (Wildman–Crippen MR) is 479 cm³/mol. The Labute approximate surface area is 674 Å². The van der Waals surface area contributed by atoms with Crippen molar-refractivity contribution in [2.45, 2.75) is 236 Å². The number of rotatable bonds is 0. The van der Waals surface area contributed by atoms with Gasteiger partial charge in [0.25, 0.3) is 0 Å². The molecule has 2 aliphatic carbocycles. The highest BCUT2D eigenvalue weighted by Crippen LogP contribution is 2.54. The molecule has 14 aromatic rings. The lowest BCUT2D eigenvalue weighted by atomic mass is 9.81. The first-order chi connectivity index (χ1) is 52.1. The van der Waals surface area contributed by atoms with E-state index in [2.05, 4.69) is 323 Å². The van der Waals surface area contributed by atoms with Gasteiger partial charge in [-0.3, -0.25) is 0 Å². The number of fused-ring (bicyclic) bond motifs is 20. The molecule has 8 heterocycles. The number of H-pyrrole nitrogens is 2. The van der Waals surface area contributed by atoms with Crippen LogP contribution in [0.2, 0.25) is 10.0 Å². The Bertz CT molecular complexity index is 5650. The minimum atomic E-state index is -0.114. The number of aryl methyl sites for hydroxylation is 2. The predicted octanol–water partition coefficient (Wildman–Crippen LogP) is 29.6. The molecule has 4 aliphatic rings. The fourth-order valence-corrected chi connectivity index (χ4v) is 18.0. The van der Waals surface area contributed by atoms with Crippen molar-refractivity contribution in [1.82, 2.24) is 29.9 Å². The number of aromatic amines is 2. The van der Waals surface area contributed by atoms with Gasteiger partial charge in [-0.05, 0) is 279 Å². The smallest absolute Gasteiger partial charge is 0.0745 e. The highest BCUT2D eigenvalue weighted by Gasteiger charge is 2.36. The molecule has 6 aromatic heterocycles. The molecule has 2 N–H and O–H groups in total. The molecule has 0 unspecified atom stereocenters. The number of aromatic nitrogens is 6. The fraction of sp³-hybridized carbons (Fsp3) is 0.346. The number of benzene rings is 8. The molecule has 0 saturated heterocycles. The maximum atomic E-state index is 7.19. The van der Waals surface area contributed by atoms with Gasteiger partial charge in [-0.1, -0.05) is 214 Å². The molecule has 112 heavy (non-hydrogen) atoms. The van der Waals surface area contributed by atoms with E-state index in [-0.39, 0.29) is 43.3 Å². The standard InChI is InChI=1S/C53H57N3.C51H51Cl2N3/c1-28-15-44-38-21-30(50(3,4)5)19-34-35-20-31(51(6,7)8)22-39(37(35)27-36(34)38)45-16-29(2)18-47(55-45)43-26-33(53(12,13)14)24-41-40-23-32(52(9,10)11)25-42(46(17-28)54-44)48(40)56-49(41)43;1-48(2,3)26-13-32-33-14-27(49(4,5)6)16-37-35(33)25-34(32)36(15-26)42-21-30(52)23-44(54-42)40-19-28(50(7,8)9)17-38-39-18-29(51(10,11)12)20-41(47(39)56-46(38)40)45-24-31(53)22-43(37)55-45/h15-26,56H,27H2,1-14H3;13-24,56H,25H2,1-12H3. The Balaban J connectivity index is 0.000000163. The van der Waals surface area contributed by atoms with Gasteiger partial charge in [0.05, 0.1) is 67.6 Å². The number of hydrogen-bond acceptors (Lipinski definition) is 4. The van der Waals surface area contributed by atoms with Crippen molar-refractivity contribution < 1.29 is 0 Å². The summed E-state index contributed by atoms with van der Waals surface area (Å²) in [6.07, 6.45) is 1.59. The van der Waals surface area contributed by atoms with Crippen molar-refractivity contribution >= 4 is 66.8 Å². The Morgan fingerprint density at radius 2 is 0.375 bits per heavy atom.